The van der Waals surface area contributed by atoms with E-state index in [1.807, 2.05) is 66.1 Å². The molecule has 0 spiro atoms. The number of carbonyl (C=O) groups excluding carboxylic acids is 1. The Hall–Kier alpha value is -3.63. The molecule has 33 heavy (non-hydrogen) atoms. The van der Waals surface area contributed by atoms with E-state index < -0.39 is 0 Å². The van der Waals surface area contributed by atoms with E-state index in [-0.39, 0.29) is 11.7 Å². The van der Waals surface area contributed by atoms with Gasteiger partial charge in [0, 0.05) is 23.1 Å². The van der Waals surface area contributed by atoms with Crippen molar-refractivity contribution in [1.82, 2.24) is 29.9 Å². The van der Waals surface area contributed by atoms with Gasteiger partial charge < -0.3 is 4.57 Å². The van der Waals surface area contributed by atoms with E-state index in [1.54, 1.807) is 5.51 Å². The van der Waals surface area contributed by atoms with E-state index in [0.29, 0.717) is 16.8 Å². The van der Waals surface area contributed by atoms with Crippen LogP contribution in [0.5, 0.6) is 0 Å². The molecule has 1 N–H and O–H groups in total. The van der Waals surface area contributed by atoms with Gasteiger partial charge in [-0.2, -0.15) is 0 Å². The Labute approximate surface area is 198 Å². The highest BCUT2D eigenvalue weighted by Gasteiger charge is 2.18. The van der Waals surface area contributed by atoms with Gasteiger partial charge in [0.05, 0.1) is 17.0 Å². The number of hydrogen-bond acceptors (Lipinski definition) is 8. The lowest BCUT2D eigenvalue weighted by Crippen LogP contribution is -2.14. The lowest BCUT2D eigenvalue weighted by molar-refractivity contribution is -0.113. The Balaban J connectivity index is 1.49. The van der Waals surface area contributed by atoms with Gasteiger partial charge in [0.15, 0.2) is 11.0 Å². The van der Waals surface area contributed by atoms with Crippen molar-refractivity contribution in [2.24, 2.45) is 0 Å². The Morgan fingerprint density at radius 1 is 1.06 bits per heavy atom. The van der Waals surface area contributed by atoms with Gasteiger partial charge in [-0.1, -0.05) is 71.6 Å². The average molecular weight is 474 g/mol. The zero-order chi connectivity index (χ0) is 22.6. The molecule has 10 heteroatoms. The Bertz CT molecular complexity index is 1400. The fraction of sp³-hybridized carbons (Fsp3) is 0.130. The van der Waals surface area contributed by atoms with Crippen molar-refractivity contribution in [2.45, 2.75) is 18.6 Å². The summed E-state index contributed by atoms with van der Waals surface area (Å²) in [5.74, 6) is 0.786. The first kappa shape index (κ1) is 21.2. The van der Waals surface area contributed by atoms with Crippen LogP contribution in [0.1, 0.15) is 6.92 Å². The lowest BCUT2D eigenvalue weighted by Gasteiger charge is -2.11. The van der Waals surface area contributed by atoms with Gasteiger partial charge in [0.2, 0.25) is 11.0 Å². The van der Waals surface area contributed by atoms with Crippen LogP contribution in [-0.2, 0) is 11.3 Å². The SMILES string of the molecule is CCn1c(SCC(=O)Nc2nncs2)nnc1-c1cc(-c2ccccc2)nc2ccccc12. The number of nitrogens with zero attached hydrogens (tertiary/aromatic N) is 6. The number of benzene rings is 2. The third-order valence-corrected chi connectivity index (χ3v) is 6.57. The van der Waals surface area contributed by atoms with Gasteiger partial charge in [-0.05, 0) is 19.1 Å². The van der Waals surface area contributed by atoms with Gasteiger partial charge in [-0.15, -0.1) is 20.4 Å². The predicted molar refractivity (Wildman–Crippen MR) is 131 cm³/mol. The largest absolute Gasteiger partial charge is 0.302 e. The van der Waals surface area contributed by atoms with Crippen LogP contribution in [0.2, 0.25) is 0 Å². The van der Waals surface area contributed by atoms with Crippen LogP contribution < -0.4 is 5.32 Å². The fourth-order valence-electron chi connectivity index (χ4n) is 3.51. The van der Waals surface area contributed by atoms with Crippen molar-refractivity contribution < 1.29 is 4.79 Å². The number of amides is 1. The van der Waals surface area contributed by atoms with E-state index in [2.05, 4.69) is 31.8 Å². The number of pyridine rings is 1. The fourth-order valence-corrected chi connectivity index (χ4v) is 4.77. The minimum Gasteiger partial charge on any atom is -0.302 e. The highest BCUT2D eigenvalue weighted by molar-refractivity contribution is 7.99. The molecule has 0 atom stereocenters. The highest BCUT2D eigenvalue weighted by atomic mass is 32.2. The van der Waals surface area contributed by atoms with Crippen molar-refractivity contribution in [3.63, 3.8) is 0 Å². The van der Waals surface area contributed by atoms with Crippen molar-refractivity contribution in [1.29, 1.82) is 0 Å². The van der Waals surface area contributed by atoms with E-state index in [4.69, 9.17) is 4.98 Å². The summed E-state index contributed by atoms with van der Waals surface area (Å²) in [6.45, 7) is 2.71. The molecule has 3 aromatic heterocycles. The molecule has 0 aliphatic rings. The lowest BCUT2D eigenvalue weighted by atomic mass is 10.0. The summed E-state index contributed by atoms with van der Waals surface area (Å²) in [5, 5.41) is 21.4. The summed E-state index contributed by atoms with van der Waals surface area (Å²) in [6, 6.07) is 20.2. The van der Waals surface area contributed by atoms with E-state index in [1.165, 1.54) is 23.1 Å². The molecule has 5 rings (SSSR count). The minimum atomic E-state index is -0.162. The van der Waals surface area contributed by atoms with Gasteiger partial charge in [-0.3, -0.25) is 10.1 Å². The standard InChI is InChI=1S/C23H19N7OS2/c1-2-30-21(27-29-23(30)32-13-20(31)26-22-28-24-14-33-22)17-12-19(15-8-4-3-5-9-15)25-18-11-7-6-10-16(17)18/h3-12,14H,2,13H2,1H3,(H,26,28,31). The van der Waals surface area contributed by atoms with Gasteiger partial charge in [-0.25, -0.2) is 4.98 Å². The summed E-state index contributed by atoms with van der Waals surface area (Å²) in [6.07, 6.45) is 0. The molecule has 164 valence electrons. The van der Waals surface area contributed by atoms with Crippen LogP contribution in [-0.4, -0.2) is 41.6 Å². The van der Waals surface area contributed by atoms with Gasteiger partial charge >= 0.3 is 0 Å². The third-order valence-electron chi connectivity index (χ3n) is 5.00. The van der Waals surface area contributed by atoms with E-state index >= 15 is 0 Å². The summed E-state index contributed by atoms with van der Waals surface area (Å²) >= 11 is 2.62. The van der Waals surface area contributed by atoms with Crippen LogP contribution in [0.25, 0.3) is 33.5 Å². The Kier molecular flexibility index (Phi) is 6.09. The van der Waals surface area contributed by atoms with Crippen molar-refractivity contribution >= 4 is 45.0 Å². The number of aromatic nitrogens is 6. The number of nitrogens with one attached hydrogen (secondary N) is 1. The second kappa shape index (κ2) is 9.47. The van der Waals surface area contributed by atoms with Gasteiger partial charge in [0.1, 0.15) is 5.51 Å². The van der Waals surface area contributed by atoms with Crippen LogP contribution >= 0.6 is 23.1 Å². The summed E-state index contributed by atoms with van der Waals surface area (Å²) in [7, 11) is 0. The Morgan fingerprint density at radius 2 is 1.88 bits per heavy atom. The predicted octanol–water partition coefficient (Wildman–Crippen LogP) is 4.76. The second-order valence-electron chi connectivity index (χ2n) is 7.07. The molecule has 0 unspecified atom stereocenters. The van der Waals surface area contributed by atoms with Crippen LogP contribution in [0.15, 0.2) is 71.3 Å². The van der Waals surface area contributed by atoms with E-state index in [9.17, 15) is 4.79 Å². The summed E-state index contributed by atoms with van der Waals surface area (Å²) in [5.41, 5.74) is 5.34. The minimum absolute atomic E-state index is 0.162. The maximum atomic E-state index is 12.3. The summed E-state index contributed by atoms with van der Waals surface area (Å²) < 4.78 is 2.03. The second-order valence-corrected chi connectivity index (χ2v) is 8.85. The van der Waals surface area contributed by atoms with Crippen molar-refractivity contribution in [3.8, 4) is 22.6 Å². The first-order valence-corrected chi connectivity index (χ1v) is 12.2. The number of rotatable bonds is 7. The zero-order valence-corrected chi connectivity index (χ0v) is 19.3. The molecule has 5 aromatic rings. The molecule has 0 saturated carbocycles. The first-order chi connectivity index (χ1) is 16.2. The van der Waals surface area contributed by atoms with Crippen molar-refractivity contribution in [2.75, 3.05) is 11.1 Å². The van der Waals surface area contributed by atoms with Gasteiger partial charge in [0.25, 0.3) is 0 Å². The molecule has 0 bridgehead atoms. The quantitative estimate of drug-likeness (QED) is 0.340. The van der Waals surface area contributed by atoms with E-state index in [0.717, 1.165) is 33.5 Å². The maximum Gasteiger partial charge on any atom is 0.236 e. The number of fused-ring (bicyclic) bond motifs is 1. The molecule has 0 radical (unpaired) electrons. The molecule has 0 fully saturated rings. The molecule has 0 aliphatic heterocycles. The molecule has 1 amide bonds. The highest BCUT2D eigenvalue weighted by Crippen LogP contribution is 2.33. The molecule has 8 nitrogen and oxygen atoms in total. The summed E-state index contributed by atoms with van der Waals surface area (Å²) in [4.78, 5) is 17.1. The molecule has 3 heterocycles. The maximum absolute atomic E-state index is 12.3. The topological polar surface area (TPSA) is 98.5 Å². The normalized spacial score (nSPS) is 11.1. The number of hydrogen-bond donors (Lipinski definition) is 1. The van der Waals surface area contributed by atoms with Crippen molar-refractivity contribution in [3.05, 3.63) is 66.2 Å². The molecule has 2 aromatic carbocycles. The average Bonchev–Trinajstić information content (AvgIpc) is 3.52. The number of anilines is 1. The third kappa shape index (κ3) is 4.48. The number of thioether (sulfide) groups is 1. The Morgan fingerprint density at radius 3 is 2.67 bits per heavy atom. The smallest absolute Gasteiger partial charge is 0.236 e. The molecular weight excluding hydrogens is 454 g/mol. The molecule has 0 saturated heterocycles. The number of para-hydroxylation sites is 1. The monoisotopic (exact) mass is 473 g/mol. The number of carbonyl (C=O) groups is 1. The molecule has 0 aliphatic carbocycles. The zero-order valence-electron chi connectivity index (χ0n) is 17.7. The molecular formula is C23H19N7OS2. The van der Waals surface area contributed by atoms with Crippen LogP contribution in [0, 0.1) is 0 Å². The van der Waals surface area contributed by atoms with Crippen LogP contribution in [0.4, 0.5) is 5.13 Å². The first-order valence-electron chi connectivity index (χ1n) is 10.3. The van der Waals surface area contributed by atoms with Crippen LogP contribution in [0.3, 0.4) is 0 Å².